The quantitative estimate of drug-likeness (QED) is 0.776. The fraction of sp³-hybridized carbons (Fsp3) is 0.333. The zero-order valence-corrected chi connectivity index (χ0v) is 11.3. The molecular formula is C15H18N2O. The number of hydrogen-bond donors (Lipinski definition) is 0. The molecule has 0 atom stereocenters. The van der Waals surface area contributed by atoms with E-state index < -0.39 is 0 Å². The summed E-state index contributed by atoms with van der Waals surface area (Å²) < 4.78 is 1.69. The zero-order chi connectivity index (χ0) is 13.3. The molecule has 0 amide bonds. The lowest BCUT2D eigenvalue weighted by molar-refractivity contribution is 0.0992. The third-order valence-electron chi connectivity index (χ3n) is 3.17. The largest absolute Gasteiger partial charge is 0.294 e. The van der Waals surface area contributed by atoms with Crippen molar-refractivity contribution < 1.29 is 4.79 Å². The number of carbonyl (C=O) groups is 1. The molecule has 18 heavy (non-hydrogen) atoms. The Balaban J connectivity index is 2.26. The first-order valence-corrected chi connectivity index (χ1v) is 6.07. The Bertz CT molecular complexity index is 597. The average molecular weight is 242 g/mol. The van der Waals surface area contributed by atoms with Crippen LogP contribution in [0.5, 0.6) is 0 Å². The monoisotopic (exact) mass is 242 g/mol. The smallest absolute Gasteiger partial charge is 0.170 e. The van der Waals surface area contributed by atoms with Crippen molar-refractivity contribution in [3.8, 4) is 0 Å². The molecule has 1 aromatic heterocycles. The molecule has 0 aliphatic heterocycles. The van der Waals surface area contributed by atoms with Crippen LogP contribution in [0.15, 0.2) is 24.4 Å². The van der Waals surface area contributed by atoms with Crippen molar-refractivity contribution in [2.24, 2.45) is 7.05 Å². The highest BCUT2D eigenvalue weighted by Gasteiger charge is 2.14. The van der Waals surface area contributed by atoms with E-state index in [0.29, 0.717) is 6.42 Å². The lowest BCUT2D eigenvalue weighted by atomic mass is 9.98. The van der Waals surface area contributed by atoms with E-state index in [4.69, 9.17) is 0 Å². The molecule has 0 saturated heterocycles. The molecule has 0 radical (unpaired) electrons. The van der Waals surface area contributed by atoms with Gasteiger partial charge in [-0.05, 0) is 31.9 Å². The van der Waals surface area contributed by atoms with E-state index in [1.807, 2.05) is 27.8 Å². The summed E-state index contributed by atoms with van der Waals surface area (Å²) in [6.45, 7) is 5.96. The van der Waals surface area contributed by atoms with Crippen molar-refractivity contribution in [3.05, 3.63) is 52.3 Å². The van der Waals surface area contributed by atoms with Crippen molar-refractivity contribution in [1.29, 1.82) is 0 Å². The standard InChI is InChI=1S/C15H18N2O/c1-10-5-6-11(2)13(7-10)8-15(18)14-9-17(4)16-12(14)3/h5-7,9H,8H2,1-4H3. The lowest BCUT2D eigenvalue weighted by Gasteiger charge is -2.06. The minimum Gasteiger partial charge on any atom is -0.294 e. The molecule has 0 unspecified atom stereocenters. The molecule has 1 heterocycles. The maximum Gasteiger partial charge on any atom is 0.170 e. The van der Waals surface area contributed by atoms with Gasteiger partial charge < -0.3 is 0 Å². The summed E-state index contributed by atoms with van der Waals surface area (Å²) in [6.07, 6.45) is 2.24. The molecule has 2 aromatic rings. The first-order chi connectivity index (χ1) is 8.47. The van der Waals surface area contributed by atoms with Crippen LogP contribution in [0.25, 0.3) is 0 Å². The van der Waals surface area contributed by atoms with Crippen molar-refractivity contribution >= 4 is 5.78 Å². The van der Waals surface area contributed by atoms with Gasteiger partial charge in [-0.1, -0.05) is 23.8 Å². The fourth-order valence-corrected chi connectivity index (χ4v) is 2.13. The Kier molecular flexibility index (Phi) is 3.32. The van der Waals surface area contributed by atoms with Gasteiger partial charge in [-0.3, -0.25) is 9.48 Å². The molecule has 0 aliphatic carbocycles. The average Bonchev–Trinajstić information content (AvgIpc) is 2.63. The van der Waals surface area contributed by atoms with E-state index in [1.165, 1.54) is 5.56 Å². The third-order valence-corrected chi connectivity index (χ3v) is 3.17. The van der Waals surface area contributed by atoms with E-state index in [1.54, 1.807) is 10.9 Å². The van der Waals surface area contributed by atoms with E-state index in [9.17, 15) is 4.79 Å². The van der Waals surface area contributed by atoms with Crippen LogP contribution in [-0.4, -0.2) is 15.6 Å². The number of aryl methyl sites for hydroxylation is 4. The maximum absolute atomic E-state index is 12.3. The molecule has 3 nitrogen and oxygen atoms in total. The Morgan fingerprint density at radius 1 is 1.28 bits per heavy atom. The van der Waals surface area contributed by atoms with E-state index >= 15 is 0 Å². The molecule has 2 rings (SSSR count). The van der Waals surface area contributed by atoms with Gasteiger partial charge in [0.1, 0.15) is 0 Å². The zero-order valence-electron chi connectivity index (χ0n) is 11.3. The van der Waals surface area contributed by atoms with Crippen LogP contribution in [0.2, 0.25) is 0 Å². The molecule has 0 spiro atoms. The van der Waals surface area contributed by atoms with Gasteiger partial charge >= 0.3 is 0 Å². The van der Waals surface area contributed by atoms with Gasteiger partial charge in [0.2, 0.25) is 0 Å². The van der Waals surface area contributed by atoms with Gasteiger partial charge in [0, 0.05) is 19.7 Å². The highest BCUT2D eigenvalue weighted by Crippen LogP contribution is 2.15. The molecule has 0 aliphatic rings. The molecule has 0 bridgehead atoms. The van der Waals surface area contributed by atoms with Gasteiger partial charge in [-0.25, -0.2) is 0 Å². The second-order valence-electron chi connectivity index (χ2n) is 4.83. The molecule has 0 fully saturated rings. The highest BCUT2D eigenvalue weighted by atomic mass is 16.1. The molecular weight excluding hydrogens is 224 g/mol. The van der Waals surface area contributed by atoms with Crippen LogP contribution in [0.3, 0.4) is 0 Å². The summed E-state index contributed by atoms with van der Waals surface area (Å²) in [5.41, 5.74) is 4.97. The van der Waals surface area contributed by atoms with Crippen LogP contribution < -0.4 is 0 Å². The van der Waals surface area contributed by atoms with Gasteiger partial charge in [0.15, 0.2) is 5.78 Å². The summed E-state index contributed by atoms with van der Waals surface area (Å²) in [4.78, 5) is 12.3. The van der Waals surface area contributed by atoms with Gasteiger partial charge in [-0.2, -0.15) is 5.10 Å². The second kappa shape index (κ2) is 4.77. The van der Waals surface area contributed by atoms with Gasteiger partial charge in [0.05, 0.1) is 11.3 Å². The van der Waals surface area contributed by atoms with Crippen LogP contribution in [0.4, 0.5) is 0 Å². The van der Waals surface area contributed by atoms with Crippen molar-refractivity contribution in [1.82, 2.24) is 9.78 Å². The minimum atomic E-state index is 0.134. The second-order valence-corrected chi connectivity index (χ2v) is 4.83. The van der Waals surface area contributed by atoms with Gasteiger partial charge in [0.25, 0.3) is 0 Å². The number of benzene rings is 1. The third kappa shape index (κ3) is 2.50. The number of nitrogens with zero attached hydrogens (tertiary/aromatic N) is 2. The van der Waals surface area contributed by atoms with Crippen LogP contribution in [-0.2, 0) is 13.5 Å². The van der Waals surface area contributed by atoms with Crippen LogP contribution >= 0.6 is 0 Å². The van der Waals surface area contributed by atoms with E-state index in [-0.39, 0.29) is 5.78 Å². The van der Waals surface area contributed by atoms with Crippen molar-refractivity contribution in [3.63, 3.8) is 0 Å². The van der Waals surface area contributed by atoms with Crippen molar-refractivity contribution in [2.75, 3.05) is 0 Å². The van der Waals surface area contributed by atoms with Crippen molar-refractivity contribution in [2.45, 2.75) is 27.2 Å². The molecule has 1 aromatic carbocycles. The summed E-state index contributed by atoms with van der Waals surface area (Å²) in [5, 5.41) is 4.21. The van der Waals surface area contributed by atoms with Gasteiger partial charge in [-0.15, -0.1) is 0 Å². The Morgan fingerprint density at radius 3 is 2.61 bits per heavy atom. The molecule has 0 saturated carbocycles. The van der Waals surface area contributed by atoms with E-state index in [2.05, 4.69) is 23.3 Å². The maximum atomic E-state index is 12.3. The number of carbonyl (C=O) groups excluding carboxylic acids is 1. The summed E-state index contributed by atoms with van der Waals surface area (Å²) in [6, 6.07) is 6.21. The van der Waals surface area contributed by atoms with Crippen LogP contribution in [0, 0.1) is 20.8 Å². The fourth-order valence-electron chi connectivity index (χ4n) is 2.13. The Hall–Kier alpha value is -1.90. The number of hydrogen-bond acceptors (Lipinski definition) is 2. The molecule has 0 N–H and O–H groups in total. The summed E-state index contributed by atoms with van der Waals surface area (Å²) in [5.74, 6) is 0.134. The highest BCUT2D eigenvalue weighted by molar-refractivity contribution is 5.98. The van der Waals surface area contributed by atoms with E-state index in [0.717, 1.165) is 22.4 Å². The first kappa shape index (κ1) is 12.6. The van der Waals surface area contributed by atoms with Crippen LogP contribution in [0.1, 0.15) is 32.7 Å². The first-order valence-electron chi connectivity index (χ1n) is 6.07. The summed E-state index contributed by atoms with van der Waals surface area (Å²) in [7, 11) is 1.84. The number of Topliss-reactive ketones (excluding diaryl/α,β-unsaturated/α-hetero) is 1. The Labute approximate surface area is 107 Å². The number of ketones is 1. The Morgan fingerprint density at radius 2 is 2.00 bits per heavy atom. The molecule has 94 valence electrons. The predicted molar refractivity (Wildman–Crippen MR) is 71.9 cm³/mol. The predicted octanol–water partition coefficient (Wildman–Crippen LogP) is 2.77. The molecule has 3 heteroatoms. The lowest BCUT2D eigenvalue weighted by Crippen LogP contribution is -2.05. The normalized spacial score (nSPS) is 10.7. The SMILES string of the molecule is Cc1ccc(C)c(CC(=O)c2cn(C)nc2C)c1. The number of aromatic nitrogens is 2. The number of rotatable bonds is 3. The minimum absolute atomic E-state index is 0.134. The topological polar surface area (TPSA) is 34.9 Å². The summed E-state index contributed by atoms with van der Waals surface area (Å²) >= 11 is 0.